The van der Waals surface area contributed by atoms with Crippen molar-refractivity contribution in [3.63, 3.8) is 0 Å². The van der Waals surface area contributed by atoms with E-state index >= 15 is 0 Å². The van der Waals surface area contributed by atoms with Crippen LogP contribution < -0.4 is 11.5 Å². The average molecular weight is 351 g/mol. The number of rotatable bonds is 4. The summed E-state index contributed by atoms with van der Waals surface area (Å²) >= 11 is 0. The molecule has 6 heteroatoms. The molecule has 0 bridgehead atoms. The van der Waals surface area contributed by atoms with E-state index in [0.29, 0.717) is 24.5 Å². The third-order valence-corrected chi connectivity index (χ3v) is 5.62. The van der Waals surface area contributed by atoms with E-state index in [1.54, 1.807) is 6.20 Å². The van der Waals surface area contributed by atoms with E-state index in [2.05, 4.69) is 15.2 Å². The molecular formula is C20H25N5O. The Balaban J connectivity index is 1.67. The number of hydrogen-bond donors (Lipinski definition) is 4. The predicted octanol–water partition coefficient (Wildman–Crippen LogP) is 3.42. The molecule has 1 saturated carbocycles. The molecule has 0 spiro atoms. The summed E-state index contributed by atoms with van der Waals surface area (Å²) in [7, 11) is 0. The molecule has 0 amide bonds. The van der Waals surface area contributed by atoms with Crippen LogP contribution in [0.25, 0.3) is 22.0 Å². The van der Waals surface area contributed by atoms with Crippen molar-refractivity contribution >= 4 is 22.5 Å². The van der Waals surface area contributed by atoms with Crippen molar-refractivity contribution in [3.8, 4) is 11.1 Å². The standard InChI is InChI=1S/C20H25N5O/c21-18-15(6-10-20(26)8-2-1-3-9-20)14(7-11-23-18)13-4-5-17-16(12-13)19(22)25-24-17/h4-5,7,11-12,26H,1-3,6,8-10H2,(H2,21,23)(H3,22,24,25). The smallest absolute Gasteiger partial charge is 0.153 e. The Bertz CT molecular complexity index is 927. The van der Waals surface area contributed by atoms with Gasteiger partial charge in [0.25, 0.3) is 0 Å². The largest absolute Gasteiger partial charge is 0.390 e. The topological polar surface area (TPSA) is 114 Å². The summed E-state index contributed by atoms with van der Waals surface area (Å²) in [6.07, 6.45) is 8.32. The fraction of sp³-hybridized carbons (Fsp3) is 0.400. The molecule has 0 saturated heterocycles. The first-order valence-electron chi connectivity index (χ1n) is 9.25. The molecule has 0 radical (unpaired) electrons. The molecule has 6 N–H and O–H groups in total. The summed E-state index contributed by atoms with van der Waals surface area (Å²) in [4.78, 5) is 4.27. The molecule has 6 nitrogen and oxygen atoms in total. The summed E-state index contributed by atoms with van der Waals surface area (Å²) in [5.74, 6) is 1.02. The highest BCUT2D eigenvalue weighted by atomic mass is 16.3. The fourth-order valence-electron chi connectivity index (χ4n) is 4.06. The first-order chi connectivity index (χ1) is 12.6. The molecule has 1 aliphatic carbocycles. The van der Waals surface area contributed by atoms with Gasteiger partial charge >= 0.3 is 0 Å². The summed E-state index contributed by atoms with van der Waals surface area (Å²) in [5, 5.41) is 18.7. The van der Waals surface area contributed by atoms with E-state index < -0.39 is 5.60 Å². The lowest BCUT2D eigenvalue weighted by molar-refractivity contribution is -0.00336. The Morgan fingerprint density at radius 2 is 1.88 bits per heavy atom. The monoisotopic (exact) mass is 351 g/mol. The molecule has 26 heavy (non-hydrogen) atoms. The van der Waals surface area contributed by atoms with Gasteiger partial charge in [-0.25, -0.2) is 4.98 Å². The third-order valence-electron chi connectivity index (χ3n) is 5.62. The van der Waals surface area contributed by atoms with Crippen LogP contribution in [0.5, 0.6) is 0 Å². The zero-order valence-electron chi connectivity index (χ0n) is 14.8. The van der Waals surface area contributed by atoms with Gasteiger partial charge in [-0.1, -0.05) is 25.3 Å². The quantitative estimate of drug-likeness (QED) is 0.575. The maximum atomic E-state index is 10.8. The normalized spacial score (nSPS) is 16.8. The lowest BCUT2D eigenvalue weighted by Crippen LogP contribution is -2.31. The second-order valence-corrected chi connectivity index (χ2v) is 7.38. The van der Waals surface area contributed by atoms with Crippen LogP contribution in [0.15, 0.2) is 30.5 Å². The highest BCUT2D eigenvalue weighted by Gasteiger charge is 2.29. The number of anilines is 2. The van der Waals surface area contributed by atoms with E-state index in [4.69, 9.17) is 11.5 Å². The summed E-state index contributed by atoms with van der Waals surface area (Å²) in [6.45, 7) is 0. The summed E-state index contributed by atoms with van der Waals surface area (Å²) in [5.41, 5.74) is 15.6. The maximum absolute atomic E-state index is 10.8. The number of nitrogens with one attached hydrogen (secondary N) is 1. The van der Waals surface area contributed by atoms with Gasteiger partial charge in [-0.05, 0) is 55.0 Å². The van der Waals surface area contributed by atoms with Gasteiger partial charge in [-0.3, -0.25) is 5.10 Å². The Hall–Kier alpha value is -2.60. The number of nitrogens with zero attached hydrogens (tertiary/aromatic N) is 2. The highest BCUT2D eigenvalue weighted by molar-refractivity contribution is 5.92. The van der Waals surface area contributed by atoms with Gasteiger partial charge in [0.1, 0.15) is 5.82 Å². The number of benzene rings is 1. The molecule has 0 unspecified atom stereocenters. The van der Waals surface area contributed by atoms with E-state index in [-0.39, 0.29) is 0 Å². The third kappa shape index (κ3) is 3.12. The Kier molecular flexibility index (Phi) is 4.28. The SMILES string of the molecule is Nc1nccc(-c2ccc3[nH]nc(N)c3c2)c1CCC1(O)CCCCC1. The van der Waals surface area contributed by atoms with E-state index in [1.807, 2.05) is 24.3 Å². The van der Waals surface area contributed by atoms with Crippen LogP contribution in [-0.4, -0.2) is 25.9 Å². The Morgan fingerprint density at radius 1 is 1.08 bits per heavy atom. The zero-order valence-corrected chi connectivity index (χ0v) is 14.8. The van der Waals surface area contributed by atoms with Gasteiger partial charge in [0, 0.05) is 17.1 Å². The van der Waals surface area contributed by atoms with Gasteiger partial charge in [0.05, 0.1) is 11.1 Å². The van der Waals surface area contributed by atoms with Crippen molar-refractivity contribution in [1.82, 2.24) is 15.2 Å². The number of nitrogens with two attached hydrogens (primary N) is 2. The number of fused-ring (bicyclic) bond motifs is 1. The Morgan fingerprint density at radius 3 is 2.69 bits per heavy atom. The lowest BCUT2D eigenvalue weighted by Gasteiger charge is -2.32. The Labute approximate surface area is 152 Å². The minimum atomic E-state index is -0.573. The number of pyridine rings is 1. The fourth-order valence-corrected chi connectivity index (χ4v) is 4.06. The molecule has 0 aliphatic heterocycles. The first kappa shape index (κ1) is 16.8. The number of hydrogen-bond acceptors (Lipinski definition) is 5. The molecule has 1 fully saturated rings. The second kappa shape index (κ2) is 6.61. The van der Waals surface area contributed by atoms with Crippen molar-refractivity contribution in [2.45, 2.75) is 50.5 Å². The maximum Gasteiger partial charge on any atom is 0.153 e. The number of aromatic nitrogens is 3. The van der Waals surface area contributed by atoms with Crippen molar-refractivity contribution in [3.05, 3.63) is 36.0 Å². The van der Waals surface area contributed by atoms with Crippen LogP contribution in [0, 0.1) is 0 Å². The van der Waals surface area contributed by atoms with Crippen LogP contribution >= 0.6 is 0 Å². The van der Waals surface area contributed by atoms with Crippen LogP contribution in [0.1, 0.15) is 44.1 Å². The lowest BCUT2D eigenvalue weighted by atomic mass is 9.80. The van der Waals surface area contributed by atoms with E-state index in [9.17, 15) is 5.11 Å². The van der Waals surface area contributed by atoms with Gasteiger partial charge in [-0.2, -0.15) is 5.10 Å². The molecular weight excluding hydrogens is 326 g/mol. The minimum Gasteiger partial charge on any atom is -0.390 e. The van der Waals surface area contributed by atoms with E-state index in [1.165, 1.54) is 6.42 Å². The average Bonchev–Trinajstić information content (AvgIpc) is 3.02. The van der Waals surface area contributed by atoms with E-state index in [0.717, 1.165) is 53.3 Å². The van der Waals surface area contributed by atoms with Crippen molar-refractivity contribution in [2.24, 2.45) is 0 Å². The van der Waals surface area contributed by atoms with Crippen LogP contribution in [0.2, 0.25) is 0 Å². The number of H-pyrrole nitrogens is 1. The van der Waals surface area contributed by atoms with Gasteiger partial charge in [-0.15, -0.1) is 0 Å². The van der Waals surface area contributed by atoms with Crippen molar-refractivity contribution in [1.29, 1.82) is 0 Å². The van der Waals surface area contributed by atoms with Gasteiger partial charge in [0.2, 0.25) is 0 Å². The summed E-state index contributed by atoms with van der Waals surface area (Å²) in [6, 6.07) is 8.02. The highest BCUT2D eigenvalue weighted by Crippen LogP contribution is 2.35. The summed E-state index contributed by atoms with van der Waals surface area (Å²) < 4.78 is 0. The molecule has 1 aliphatic rings. The van der Waals surface area contributed by atoms with Crippen LogP contribution in [0.3, 0.4) is 0 Å². The van der Waals surface area contributed by atoms with Crippen LogP contribution in [-0.2, 0) is 6.42 Å². The number of aromatic amines is 1. The van der Waals surface area contributed by atoms with Gasteiger partial charge < -0.3 is 16.6 Å². The van der Waals surface area contributed by atoms with Crippen molar-refractivity contribution in [2.75, 3.05) is 11.5 Å². The molecule has 3 aromatic rings. The molecule has 0 atom stereocenters. The second-order valence-electron chi connectivity index (χ2n) is 7.38. The minimum absolute atomic E-state index is 0.488. The van der Waals surface area contributed by atoms with Crippen molar-refractivity contribution < 1.29 is 5.11 Å². The van der Waals surface area contributed by atoms with Crippen LogP contribution in [0.4, 0.5) is 11.6 Å². The number of nitrogen functional groups attached to an aromatic ring is 2. The number of aliphatic hydroxyl groups is 1. The molecule has 4 rings (SSSR count). The van der Waals surface area contributed by atoms with Gasteiger partial charge in [0.15, 0.2) is 5.82 Å². The zero-order chi connectivity index (χ0) is 18.1. The predicted molar refractivity (Wildman–Crippen MR) is 105 cm³/mol. The molecule has 136 valence electrons. The molecule has 2 heterocycles. The molecule has 1 aromatic carbocycles. The first-order valence-corrected chi connectivity index (χ1v) is 9.25. The molecule has 2 aromatic heterocycles.